The third-order valence-electron chi connectivity index (χ3n) is 3.50. The van der Waals surface area contributed by atoms with Crippen LogP contribution in [0.2, 0.25) is 5.02 Å². The van der Waals surface area contributed by atoms with Crippen molar-refractivity contribution in [2.45, 2.75) is 32.4 Å². The molecule has 0 spiro atoms. The van der Waals surface area contributed by atoms with Crippen LogP contribution in [0.15, 0.2) is 36.7 Å². The van der Waals surface area contributed by atoms with Crippen molar-refractivity contribution >= 4 is 17.5 Å². The molecule has 1 heterocycles. The van der Waals surface area contributed by atoms with Crippen LogP contribution in [0.1, 0.15) is 31.0 Å². The summed E-state index contributed by atoms with van der Waals surface area (Å²) in [6.45, 7) is 4.06. The Morgan fingerprint density at radius 2 is 1.81 bits per heavy atom. The second-order valence-corrected chi connectivity index (χ2v) is 5.79. The predicted octanol–water partition coefficient (Wildman–Crippen LogP) is 3.22. The van der Waals surface area contributed by atoms with Crippen molar-refractivity contribution < 1.29 is 0 Å². The number of benzene rings is 1. The molecule has 112 valence electrons. The maximum atomic E-state index is 6.25. The Bertz CT molecular complexity index is 583. The Morgan fingerprint density at radius 3 is 2.38 bits per heavy atom. The highest BCUT2D eigenvalue weighted by Gasteiger charge is 2.16. The largest absolute Gasteiger partial charge is 0.337 e. The highest BCUT2D eigenvalue weighted by Crippen LogP contribution is 2.28. The molecule has 21 heavy (non-hydrogen) atoms. The molecule has 2 rings (SSSR count). The van der Waals surface area contributed by atoms with E-state index < -0.39 is 0 Å². The molecule has 2 aromatic rings. The van der Waals surface area contributed by atoms with Gasteiger partial charge in [-0.1, -0.05) is 29.8 Å². The van der Waals surface area contributed by atoms with Crippen molar-refractivity contribution in [3.8, 4) is 0 Å². The van der Waals surface area contributed by atoms with E-state index in [4.69, 9.17) is 17.3 Å². The first kappa shape index (κ1) is 15.7. The Kier molecular flexibility index (Phi) is 5.15. The minimum atomic E-state index is 0.0954. The number of anilines is 1. The molecule has 0 saturated carbocycles. The van der Waals surface area contributed by atoms with Crippen LogP contribution in [0.5, 0.6) is 0 Å². The molecule has 0 amide bonds. The molecule has 0 aliphatic carbocycles. The maximum absolute atomic E-state index is 6.25. The molecular formula is C16H21ClN4. The van der Waals surface area contributed by atoms with Gasteiger partial charge < -0.3 is 10.6 Å². The van der Waals surface area contributed by atoms with Crippen LogP contribution in [0.25, 0.3) is 0 Å². The Labute approximate surface area is 131 Å². The third kappa shape index (κ3) is 3.93. The zero-order valence-electron chi connectivity index (χ0n) is 12.6. The number of nitrogens with zero attached hydrogens (tertiary/aromatic N) is 3. The van der Waals surface area contributed by atoms with Crippen molar-refractivity contribution in [1.29, 1.82) is 0 Å². The maximum Gasteiger partial charge on any atom is 0.225 e. The van der Waals surface area contributed by atoms with Crippen molar-refractivity contribution in [2.24, 2.45) is 5.73 Å². The highest BCUT2D eigenvalue weighted by atomic mass is 35.5. The second kappa shape index (κ2) is 6.87. The fourth-order valence-corrected chi connectivity index (χ4v) is 2.50. The van der Waals surface area contributed by atoms with Crippen LogP contribution in [0.4, 0.5) is 5.95 Å². The Morgan fingerprint density at radius 1 is 1.19 bits per heavy atom. The Hall–Kier alpha value is -1.65. The molecule has 0 radical (unpaired) electrons. The fourth-order valence-electron chi connectivity index (χ4n) is 2.20. The zero-order valence-corrected chi connectivity index (χ0v) is 13.4. The summed E-state index contributed by atoms with van der Waals surface area (Å²) in [5, 5.41) is 0.755. The lowest BCUT2D eigenvalue weighted by molar-refractivity contribution is 0.705. The van der Waals surface area contributed by atoms with E-state index in [1.807, 2.05) is 55.5 Å². The van der Waals surface area contributed by atoms with Crippen LogP contribution in [0, 0.1) is 0 Å². The molecule has 1 aromatic heterocycles. The molecule has 2 N–H and O–H groups in total. The molecule has 5 heteroatoms. The number of aromatic nitrogens is 2. The van der Waals surface area contributed by atoms with Crippen molar-refractivity contribution in [3.63, 3.8) is 0 Å². The van der Waals surface area contributed by atoms with Gasteiger partial charge in [-0.05, 0) is 37.5 Å². The zero-order chi connectivity index (χ0) is 15.4. The minimum Gasteiger partial charge on any atom is -0.337 e. The summed E-state index contributed by atoms with van der Waals surface area (Å²) in [5.41, 5.74) is 7.89. The molecule has 2 atom stereocenters. The SMILES string of the molecule is CC(N)Cc1cnc(N(C)C(C)c2ccccc2Cl)nc1. The van der Waals surface area contributed by atoms with E-state index in [-0.39, 0.29) is 12.1 Å². The molecule has 0 bridgehead atoms. The third-order valence-corrected chi connectivity index (χ3v) is 3.85. The first-order valence-corrected chi connectivity index (χ1v) is 7.40. The van der Waals surface area contributed by atoms with Crippen molar-refractivity contribution in [3.05, 3.63) is 52.8 Å². The summed E-state index contributed by atoms with van der Waals surface area (Å²) >= 11 is 6.25. The van der Waals surface area contributed by atoms with Gasteiger partial charge in [-0.3, -0.25) is 0 Å². The Balaban J connectivity index is 2.16. The first-order chi connectivity index (χ1) is 9.99. The molecule has 2 unspecified atom stereocenters. The fraction of sp³-hybridized carbons (Fsp3) is 0.375. The quantitative estimate of drug-likeness (QED) is 0.921. The lowest BCUT2D eigenvalue weighted by Gasteiger charge is -2.26. The number of hydrogen-bond donors (Lipinski definition) is 1. The van der Waals surface area contributed by atoms with Crippen LogP contribution in [-0.2, 0) is 6.42 Å². The van der Waals surface area contributed by atoms with E-state index in [1.165, 1.54) is 0 Å². The summed E-state index contributed by atoms with van der Waals surface area (Å²) in [7, 11) is 1.97. The van der Waals surface area contributed by atoms with Gasteiger partial charge in [-0.2, -0.15) is 0 Å². The summed E-state index contributed by atoms with van der Waals surface area (Å²) < 4.78 is 0. The van der Waals surface area contributed by atoms with E-state index in [2.05, 4.69) is 16.9 Å². The summed E-state index contributed by atoms with van der Waals surface area (Å²) in [5.74, 6) is 0.677. The van der Waals surface area contributed by atoms with Crippen LogP contribution >= 0.6 is 11.6 Å². The van der Waals surface area contributed by atoms with Gasteiger partial charge >= 0.3 is 0 Å². The van der Waals surface area contributed by atoms with E-state index in [1.54, 1.807) is 0 Å². The van der Waals surface area contributed by atoms with E-state index >= 15 is 0 Å². The second-order valence-electron chi connectivity index (χ2n) is 5.38. The average Bonchev–Trinajstić information content (AvgIpc) is 2.46. The van der Waals surface area contributed by atoms with E-state index in [9.17, 15) is 0 Å². The van der Waals surface area contributed by atoms with Gasteiger partial charge in [0.25, 0.3) is 0 Å². The molecule has 0 aliphatic rings. The molecule has 0 aliphatic heterocycles. The number of rotatable bonds is 5. The van der Waals surface area contributed by atoms with Crippen LogP contribution in [0.3, 0.4) is 0 Å². The molecule has 0 fully saturated rings. The van der Waals surface area contributed by atoms with E-state index in [0.29, 0.717) is 5.95 Å². The molecule has 0 saturated heterocycles. The first-order valence-electron chi connectivity index (χ1n) is 7.02. The normalized spacial score (nSPS) is 13.8. The lowest BCUT2D eigenvalue weighted by Crippen LogP contribution is -2.24. The van der Waals surface area contributed by atoms with Crippen molar-refractivity contribution in [2.75, 3.05) is 11.9 Å². The highest BCUT2D eigenvalue weighted by molar-refractivity contribution is 6.31. The van der Waals surface area contributed by atoms with Gasteiger partial charge in [0.15, 0.2) is 0 Å². The topological polar surface area (TPSA) is 55.0 Å². The molecule has 4 nitrogen and oxygen atoms in total. The lowest BCUT2D eigenvalue weighted by atomic mass is 10.1. The van der Waals surface area contributed by atoms with Gasteiger partial charge in [-0.25, -0.2) is 9.97 Å². The van der Waals surface area contributed by atoms with Crippen LogP contribution in [-0.4, -0.2) is 23.1 Å². The van der Waals surface area contributed by atoms with Crippen molar-refractivity contribution in [1.82, 2.24) is 9.97 Å². The predicted molar refractivity (Wildman–Crippen MR) is 87.7 cm³/mol. The number of nitrogens with two attached hydrogens (primary N) is 1. The summed E-state index contributed by atoms with van der Waals surface area (Å²) in [4.78, 5) is 10.9. The monoisotopic (exact) mass is 304 g/mol. The van der Waals surface area contributed by atoms with Gasteiger partial charge in [0.2, 0.25) is 5.95 Å². The molecular weight excluding hydrogens is 284 g/mol. The average molecular weight is 305 g/mol. The van der Waals surface area contributed by atoms with E-state index in [0.717, 1.165) is 22.6 Å². The van der Waals surface area contributed by atoms with Gasteiger partial charge in [0.1, 0.15) is 0 Å². The standard InChI is InChI=1S/C16H21ClN4/c1-11(18)8-13-9-19-16(20-10-13)21(3)12(2)14-6-4-5-7-15(14)17/h4-7,9-12H,8,18H2,1-3H3. The minimum absolute atomic E-state index is 0.0954. The van der Waals surface area contributed by atoms with Gasteiger partial charge in [-0.15, -0.1) is 0 Å². The number of hydrogen-bond acceptors (Lipinski definition) is 4. The van der Waals surface area contributed by atoms with Gasteiger partial charge in [0.05, 0.1) is 6.04 Å². The number of halogens is 1. The molecule has 1 aromatic carbocycles. The van der Waals surface area contributed by atoms with Crippen LogP contribution < -0.4 is 10.6 Å². The summed E-state index contributed by atoms with van der Waals surface area (Å²) in [6.07, 6.45) is 4.45. The summed E-state index contributed by atoms with van der Waals surface area (Å²) in [6, 6.07) is 8.04. The smallest absolute Gasteiger partial charge is 0.225 e. The van der Waals surface area contributed by atoms with Gasteiger partial charge in [0, 0.05) is 30.5 Å².